The topological polar surface area (TPSA) is 66.6 Å². The standard InChI is InChI=1S/C13H16N2O2S/c1-15(8-9-16)12-6-2-5-11-10(12)4-3-7-13(11)18(14)17/h2-7,16H,8-9,14H2,1H3. The molecule has 0 heterocycles. The van der Waals surface area contributed by atoms with Gasteiger partial charge >= 0.3 is 0 Å². The fourth-order valence-electron chi connectivity index (χ4n) is 2.04. The molecule has 4 nitrogen and oxygen atoms in total. The highest BCUT2D eigenvalue weighted by Gasteiger charge is 2.09. The van der Waals surface area contributed by atoms with Crippen molar-refractivity contribution in [2.45, 2.75) is 4.90 Å². The van der Waals surface area contributed by atoms with Gasteiger partial charge in [-0.15, -0.1) is 0 Å². The number of aliphatic hydroxyl groups excluding tert-OH is 1. The van der Waals surface area contributed by atoms with Gasteiger partial charge in [0.15, 0.2) is 0 Å². The molecule has 5 heteroatoms. The number of hydrogen-bond donors (Lipinski definition) is 2. The number of nitrogens with zero attached hydrogens (tertiary/aromatic N) is 1. The van der Waals surface area contributed by atoms with Gasteiger partial charge in [-0.1, -0.05) is 24.3 Å². The first kappa shape index (κ1) is 13.0. The zero-order valence-corrected chi connectivity index (χ0v) is 11.0. The van der Waals surface area contributed by atoms with Crippen LogP contribution in [0, 0.1) is 0 Å². The number of rotatable bonds is 4. The Morgan fingerprint density at radius 1 is 1.22 bits per heavy atom. The fourth-order valence-corrected chi connectivity index (χ4v) is 2.65. The Kier molecular flexibility index (Phi) is 3.96. The number of nitrogens with two attached hydrogens (primary N) is 1. The summed E-state index contributed by atoms with van der Waals surface area (Å²) in [5.74, 6) is 0. The number of likely N-dealkylation sites (N-methyl/N-ethyl adjacent to an activating group) is 1. The number of hydrogen-bond acceptors (Lipinski definition) is 3. The van der Waals surface area contributed by atoms with E-state index in [1.165, 1.54) is 0 Å². The number of benzene rings is 2. The molecular formula is C13H16N2O2S. The maximum atomic E-state index is 11.5. The van der Waals surface area contributed by atoms with Gasteiger partial charge in [0.2, 0.25) is 0 Å². The average Bonchev–Trinajstić information content (AvgIpc) is 2.37. The van der Waals surface area contributed by atoms with Crippen LogP contribution in [-0.2, 0) is 11.0 Å². The van der Waals surface area contributed by atoms with Crippen LogP contribution in [0.4, 0.5) is 5.69 Å². The molecule has 0 aliphatic carbocycles. The van der Waals surface area contributed by atoms with E-state index in [4.69, 9.17) is 10.2 Å². The molecule has 2 aromatic carbocycles. The summed E-state index contributed by atoms with van der Waals surface area (Å²) in [6, 6.07) is 11.4. The van der Waals surface area contributed by atoms with Crippen LogP contribution in [0.5, 0.6) is 0 Å². The van der Waals surface area contributed by atoms with E-state index in [2.05, 4.69) is 0 Å². The predicted octanol–water partition coefficient (Wildman–Crippen LogP) is 1.25. The van der Waals surface area contributed by atoms with Crippen LogP contribution in [0.1, 0.15) is 0 Å². The van der Waals surface area contributed by atoms with E-state index in [9.17, 15) is 4.21 Å². The quantitative estimate of drug-likeness (QED) is 0.873. The fraction of sp³-hybridized carbons (Fsp3) is 0.231. The first-order valence-corrected chi connectivity index (χ1v) is 6.86. The summed E-state index contributed by atoms with van der Waals surface area (Å²) in [6.07, 6.45) is 0. The smallest absolute Gasteiger partial charge is 0.122 e. The molecule has 0 amide bonds. The van der Waals surface area contributed by atoms with Crippen molar-refractivity contribution in [3.05, 3.63) is 36.4 Å². The summed E-state index contributed by atoms with van der Waals surface area (Å²) in [5.41, 5.74) is 0.994. The van der Waals surface area contributed by atoms with Gasteiger partial charge in [-0.3, -0.25) is 0 Å². The van der Waals surface area contributed by atoms with Crippen LogP contribution < -0.4 is 10.0 Å². The number of anilines is 1. The van der Waals surface area contributed by atoms with E-state index >= 15 is 0 Å². The molecular weight excluding hydrogens is 248 g/mol. The van der Waals surface area contributed by atoms with Crippen LogP contribution in [-0.4, -0.2) is 29.5 Å². The van der Waals surface area contributed by atoms with E-state index in [-0.39, 0.29) is 6.61 Å². The minimum absolute atomic E-state index is 0.0927. The molecule has 2 aromatic rings. The van der Waals surface area contributed by atoms with Crippen molar-refractivity contribution in [2.24, 2.45) is 5.14 Å². The normalized spacial score (nSPS) is 12.6. The Morgan fingerprint density at radius 2 is 1.89 bits per heavy atom. The highest BCUT2D eigenvalue weighted by Crippen LogP contribution is 2.29. The zero-order valence-electron chi connectivity index (χ0n) is 10.2. The molecule has 0 bridgehead atoms. The van der Waals surface area contributed by atoms with Gasteiger partial charge in [0.1, 0.15) is 11.0 Å². The Balaban J connectivity index is 2.63. The van der Waals surface area contributed by atoms with Crippen LogP contribution in [0.3, 0.4) is 0 Å². The van der Waals surface area contributed by atoms with Crippen LogP contribution >= 0.6 is 0 Å². The molecule has 0 spiro atoms. The Labute approximate surface area is 109 Å². The maximum absolute atomic E-state index is 11.5. The van der Waals surface area contributed by atoms with Crippen molar-refractivity contribution < 1.29 is 9.32 Å². The van der Waals surface area contributed by atoms with E-state index in [1.807, 2.05) is 42.3 Å². The third-order valence-corrected chi connectivity index (χ3v) is 3.71. The Bertz CT molecular complexity index is 586. The van der Waals surface area contributed by atoms with Gasteiger partial charge < -0.3 is 10.0 Å². The van der Waals surface area contributed by atoms with E-state index < -0.39 is 11.0 Å². The second-order valence-electron chi connectivity index (χ2n) is 4.07. The lowest BCUT2D eigenvalue weighted by Crippen LogP contribution is -2.21. The molecule has 0 saturated heterocycles. The predicted molar refractivity (Wildman–Crippen MR) is 74.9 cm³/mol. The molecule has 0 saturated carbocycles. The molecule has 0 radical (unpaired) electrons. The maximum Gasteiger partial charge on any atom is 0.122 e. The van der Waals surface area contributed by atoms with E-state index in [0.29, 0.717) is 11.4 Å². The molecule has 18 heavy (non-hydrogen) atoms. The monoisotopic (exact) mass is 264 g/mol. The molecule has 0 aliphatic rings. The van der Waals surface area contributed by atoms with Crippen LogP contribution in [0.2, 0.25) is 0 Å². The highest BCUT2D eigenvalue weighted by atomic mass is 32.2. The summed E-state index contributed by atoms with van der Waals surface area (Å²) in [6.45, 7) is 0.643. The molecule has 0 aromatic heterocycles. The van der Waals surface area contributed by atoms with Crippen molar-refractivity contribution in [1.29, 1.82) is 0 Å². The first-order chi connectivity index (χ1) is 8.65. The second-order valence-corrected chi connectivity index (χ2v) is 5.11. The van der Waals surface area contributed by atoms with Gasteiger partial charge in [0.25, 0.3) is 0 Å². The van der Waals surface area contributed by atoms with Gasteiger partial charge in [0, 0.05) is 30.1 Å². The molecule has 3 N–H and O–H groups in total. The lowest BCUT2D eigenvalue weighted by Gasteiger charge is -2.20. The number of fused-ring (bicyclic) bond motifs is 1. The molecule has 1 unspecified atom stereocenters. The van der Waals surface area contributed by atoms with Gasteiger partial charge in [-0.2, -0.15) is 0 Å². The Hall–Kier alpha value is -1.43. The summed E-state index contributed by atoms with van der Waals surface area (Å²) >= 11 is 0. The van der Waals surface area contributed by atoms with Crippen molar-refractivity contribution >= 4 is 27.4 Å². The third kappa shape index (κ3) is 2.38. The molecule has 2 rings (SSSR count). The third-order valence-electron chi connectivity index (χ3n) is 2.92. The second kappa shape index (κ2) is 5.48. The molecule has 0 aliphatic heterocycles. The summed E-state index contributed by atoms with van der Waals surface area (Å²) in [7, 11) is 0.417. The lowest BCUT2D eigenvalue weighted by molar-refractivity contribution is 0.304. The van der Waals surface area contributed by atoms with Crippen molar-refractivity contribution in [2.75, 3.05) is 25.1 Å². The summed E-state index contributed by atoms with van der Waals surface area (Å²) in [5, 5.41) is 16.4. The minimum Gasteiger partial charge on any atom is -0.395 e. The summed E-state index contributed by atoms with van der Waals surface area (Å²) < 4.78 is 11.5. The van der Waals surface area contributed by atoms with Gasteiger partial charge in [0.05, 0.1) is 11.5 Å². The SMILES string of the molecule is CN(CCO)c1cccc2c(S(N)=O)cccc12. The summed E-state index contributed by atoms with van der Waals surface area (Å²) in [4.78, 5) is 2.60. The van der Waals surface area contributed by atoms with Gasteiger partial charge in [-0.05, 0) is 12.1 Å². The molecule has 96 valence electrons. The lowest BCUT2D eigenvalue weighted by atomic mass is 10.1. The largest absolute Gasteiger partial charge is 0.395 e. The minimum atomic E-state index is -1.50. The Morgan fingerprint density at radius 3 is 2.56 bits per heavy atom. The van der Waals surface area contributed by atoms with E-state index in [1.54, 1.807) is 6.07 Å². The first-order valence-electron chi connectivity index (χ1n) is 5.65. The van der Waals surface area contributed by atoms with Crippen molar-refractivity contribution in [3.63, 3.8) is 0 Å². The van der Waals surface area contributed by atoms with Gasteiger partial charge in [-0.25, -0.2) is 9.35 Å². The van der Waals surface area contributed by atoms with Crippen LogP contribution in [0.15, 0.2) is 41.3 Å². The average molecular weight is 264 g/mol. The van der Waals surface area contributed by atoms with Crippen molar-refractivity contribution in [3.8, 4) is 0 Å². The number of aliphatic hydroxyl groups is 1. The van der Waals surface area contributed by atoms with E-state index in [0.717, 1.165) is 16.5 Å². The highest BCUT2D eigenvalue weighted by molar-refractivity contribution is 7.83. The van der Waals surface area contributed by atoms with Crippen molar-refractivity contribution in [1.82, 2.24) is 0 Å². The zero-order chi connectivity index (χ0) is 13.1. The molecule has 1 atom stereocenters. The van der Waals surface area contributed by atoms with Crippen LogP contribution in [0.25, 0.3) is 10.8 Å². The molecule has 0 fully saturated rings.